The molecule has 0 radical (unpaired) electrons. The second-order valence-electron chi connectivity index (χ2n) is 5.50. The van der Waals surface area contributed by atoms with Crippen LogP contribution in [0.1, 0.15) is 11.6 Å². The van der Waals surface area contributed by atoms with Gasteiger partial charge < -0.3 is 10.6 Å². The summed E-state index contributed by atoms with van der Waals surface area (Å²) in [5.74, 6) is 0.107. The Bertz CT molecular complexity index is 884. The van der Waals surface area contributed by atoms with E-state index in [0.29, 0.717) is 11.5 Å². The molecule has 0 bridgehead atoms. The third-order valence-electron chi connectivity index (χ3n) is 3.69. The smallest absolute Gasteiger partial charge is 0.287 e. The molecule has 0 aliphatic heterocycles. The number of aromatic nitrogens is 1. The van der Waals surface area contributed by atoms with Crippen molar-refractivity contribution in [2.45, 2.75) is 6.04 Å². The maximum atomic E-state index is 12.8. The highest BCUT2D eigenvalue weighted by Crippen LogP contribution is 2.21. The van der Waals surface area contributed by atoms with Crippen molar-refractivity contribution in [1.29, 1.82) is 0 Å². The van der Waals surface area contributed by atoms with Crippen LogP contribution in [0.5, 0.6) is 0 Å². The Hall–Kier alpha value is -3.74. The molecule has 0 aliphatic rings. The van der Waals surface area contributed by atoms with Crippen LogP contribution in [0, 0.1) is 10.1 Å². The summed E-state index contributed by atoms with van der Waals surface area (Å²) in [4.78, 5) is 27.0. The van der Waals surface area contributed by atoms with Gasteiger partial charge in [-0.15, -0.1) is 0 Å². The van der Waals surface area contributed by atoms with Gasteiger partial charge in [0.15, 0.2) is 0 Å². The first-order valence-corrected chi connectivity index (χ1v) is 7.91. The lowest BCUT2D eigenvalue weighted by atomic mass is 10.1. The van der Waals surface area contributed by atoms with Crippen molar-refractivity contribution in [2.24, 2.45) is 0 Å². The van der Waals surface area contributed by atoms with Crippen molar-refractivity contribution in [3.8, 4) is 0 Å². The predicted octanol–water partition coefficient (Wildman–Crippen LogP) is 3.78. The van der Waals surface area contributed by atoms with Crippen LogP contribution >= 0.6 is 0 Å². The molecule has 0 fully saturated rings. The first-order chi connectivity index (χ1) is 12.6. The number of hydrogen-bond donors (Lipinski definition) is 2. The minimum atomic E-state index is -0.703. The number of amides is 1. The zero-order valence-electron chi connectivity index (χ0n) is 13.7. The topological polar surface area (TPSA) is 97.2 Å². The van der Waals surface area contributed by atoms with Gasteiger partial charge in [-0.2, -0.15) is 0 Å². The Balaban J connectivity index is 1.84. The number of nitro groups is 1. The van der Waals surface area contributed by atoms with E-state index in [9.17, 15) is 14.9 Å². The van der Waals surface area contributed by atoms with Crippen LogP contribution in [0.4, 0.5) is 17.2 Å². The number of carbonyl (C=O) groups excluding carboxylic acids is 1. The third-order valence-corrected chi connectivity index (χ3v) is 3.69. The van der Waals surface area contributed by atoms with Crippen LogP contribution in [0.3, 0.4) is 0 Å². The molecule has 1 heterocycles. The third kappa shape index (κ3) is 4.21. The average molecular weight is 348 g/mol. The van der Waals surface area contributed by atoms with E-state index in [0.717, 1.165) is 11.8 Å². The van der Waals surface area contributed by atoms with Gasteiger partial charge in [-0.1, -0.05) is 48.5 Å². The highest BCUT2D eigenvalue weighted by Gasteiger charge is 2.21. The molecule has 3 rings (SSSR count). The van der Waals surface area contributed by atoms with Crippen LogP contribution in [-0.2, 0) is 4.79 Å². The summed E-state index contributed by atoms with van der Waals surface area (Å²) in [6.45, 7) is 0. The number of nitrogens with zero attached hydrogens (tertiary/aromatic N) is 2. The lowest BCUT2D eigenvalue weighted by molar-refractivity contribution is -0.385. The van der Waals surface area contributed by atoms with E-state index in [1.54, 1.807) is 12.1 Å². The van der Waals surface area contributed by atoms with Gasteiger partial charge in [0.2, 0.25) is 0 Å². The Labute approximate surface area is 149 Å². The minimum absolute atomic E-state index is 0.111. The molecule has 7 heteroatoms. The number of rotatable bonds is 6. The van der Waals surface area contributed by atoms with Gasteiger partial charge >= 0.3 is 0 Å². The average Bonchev–Trinajstić information content (AvgIpc) is 2.68. The number of benzene rings is 2. The van der Waals surface area contributed by atoms with E-state index >= 15 is 0 Å². The molecule has 0 spiro atoms. The van der Waals surface area contributed by atoms with Crippen LogP contribution in [0.2, 0.25) is 0 Å². The molecule has 1 amide bonds. The van der Waals surface area contributed by atoms with Gasteiger partial charge in [0.05, 0.1) is 4.92 Å². The highest BCUT2D eigenvalue weighted by atomic mass is 16.6. The predicted molar refractivity (Wildman–Crippen MR) is 98.8 cm³/mol. The van der Waals surface area contributed by atoms with Gasteiger partial charge in [-0.05, 0) is 23.8 Å². The van der Waals surface area contributed by atoms with E-state index < -0.39 is 11.0 Å². The number of anilines is 2. The second-order valence-corrected chi connectivity index (χ2v) is 5.50. The monoisotopic (exact) mass is 348 g/mol. The fourth-order valence-corrected chi connectivity index (χ4v) is 2.41. The SMILES string of the molecule is O=C(Nc1ccccc1)[C@H](Nc1ccc([N+](=O)[O-])cn1)c1ccccc1. The van der Waals surface area contributed by atoms with E-state index in [-0.39, 0.29) is 11.6 Å². The van der Waals surface area contributed by atoms with Crippen molar-refractivity contribution in [2.75, 3.05) is 10.6 Å². The van der Waals surface area contributed by atoms with Crippen molar-refractivity contribution in [3.63, 3.8) is 0 Å². The largest absolute Gasteiger partial charge is 0.355 e. The molecule has 7 nitrogen and oxygen atoms in total. The van der Waals surface area contributed by atoms with Gasteiger partial charge in [-0.25, -0.2) is 4.98 Å². The lowest BCUT2D eigenvalue weighted by Gasteiger charge is -2.19. The number of hydrogen-bond acceptors (Lipinski definition) is 5. The van der Waals surface area contributed by atoms with Gasteiger partial charge in [0, 0.05) is 11.8 Å². The van der Waals surface area contributed by atoms with E-state index in [1.165, 1.54) is 12.1 Å². The first kappa shape index (κ1) is 17.1. The van der Waals surface area contributed by atoms with Crippen LogP contribution in [-0.4, -0.2) is 15.8 Å². The van der Waals surface area contributed by atoms with Crippen molar-refractivity contribution in [1.82, 2.24) is 4.98 Å². The first-order valence-electron chi connectivity index (χ1n) is 7.91. The molecule has 0 saturated carbocycles. The Kier molecular flexibility index (Phi) is 5.19. The highest BCUT2D eigenvalue weighted by molar-refractivity contribution is 5.97. The Morgan fingerprint density at radius 2 is 1.62 bits per heavy atom. The molecule has 0 unspecified atom stereocenters. The standard InChI is InChI=1S/C19H16N4O3/c24-19(21-15-9-5-2-6-10-15)18(14-7-3-1-4-8-14)22-17-12-11-16(13-20-17)23(25)26/h1-13,18H,(H,20,22)(H,21,24)/t18-/m1/s1. The van der Waals surface area contributed by atoms with Crippen LogP contribution in [0.25, 0.3) is 0 Å². The summed E-state index contributed by atoms with van der Waals surface area (Å²) in [5, 5.41) is 16.6. The summed E-state index contributed by atoms with van der Waals surface area (Å²) >= 11 is 0. The molecule has 3 aromatic rings. The van der Waals surface area contributed by atoms with Crippen LogP contribution < -0.4 is 10.6 Å². The molecule has 2 aromatic carbocycles. The van der Waals surface area contributed by atoms with Gasteiger partial charge in [-0.3, -0.25) is 14.9 Å². The zero-order valence-corrected chi connectivity index (χ0v) is 13.7. The van der Waals surface area contributed by atoms with Crippen molar-refractivity contribution >= 4 is 23.1 Å². The maximum Gasteiger partial charge on any atom is 0.287 e. The summed E-state index contributed by atoms with van der Waals surface area (Å²) in [6, 6.07) is 20.4. The quantitative estimate of drug-likeness (QED) is 0.522. The maximum absolute atomic E-state index is 12.8. The normalized spacial score (nSPS) is 11.4. The molecule has 0 saturated heterocycles. The Morgan fingerprint density at radius 3 is 2.19 bits per heavy atom. The molecular formula is C19H16N4O3. The molecule has 0 aliphatic carbocycles. The lowest BCUT2D eigenvalue weighted by Crippen LogP contribution is -2.27. The van der Waals surface area contributed by atoms with E-state index in [4.69, 9.17) is 0 Å². The number of nitrogens with one attached hydrogen (secondary N) is 2. The van der Waals surface area contributed by atoms with Crippen molar-refractivity contribution in [3.05, 3.63) is 94.7 Å². The summed E-state index contributed by atoms with van der Waals surface area (Å²) < 4.78 is 0. The molecule has 1 aromatic heterocycles. The van der Waals surface area contributed by atoms with Gasteiger partial charge in [0.1, 0.15) is 18.1 Å². The minimum Gasteiger partial charge on any atom is -0.355 e. The molecule has 1 atom stereocenters. The fourth-order valence-electron chi connectivity index (χ4n) is 2.41. The number of para-hydroxylation sites is 1. The molecule has 130 valence electrons. The fraction of sp³-hybridized carbons (Fsp3) is 0.0526. The molecule has 26 heavy (non-hydrogen) atoms. The van der Waals surface area contributed by atoms with Crippen molar-refractivity contribution < 1.29 is 9.72 Å². The molecular weight excluding hydrogens is 332 g/mol. The van der Waals surface area contributed by atoms with E-state index in [2.05, 4.69) is 15.6 Å². The van der Waals surface area contributed by atoms with E-state index in [1.807, 2.05) is 48.5 Å². The Morgan fingerprint density at radius 1 is 0.962 bits per heavy atom. The summed E-state index contributed by atoms with van der Waals surface area (Å²) in [6.07, 6.45) is 1.15. The van der Waals surface area contributed by atoms with Gasteiger partial charge in [0.25, 0.3) is 11.6 Å². The summed E-state index contributed by atoms with van der Waals surface area (Å²) in [7, 11) is 0. The number of pyridine rings is 1. The van der Waals surface area contributed by atoms with Crippen LogP contribution in [0.15, 0.2) is 79.0 Å². The molecule has 2 N–H and O–H groups in total. The zero-order chi connectivity index (χ0) is 18.4. The second kappa shape index (κ2) is 7.89. The summed E-state index contributed by atoms with van der Waals surface area (Å²) in [5.41, 5.74) is 1.32. The number of carbonyl (C=O) groups is 1.